The van der Waals surface area contributed by atoms with Crippen molar-refractivity contribution >= 4 is 11.6 Å². The maximum Gasteiger partial charge on any atom is 0.227 e. The number of nitrogens with one attached hydrogen (secondary N) is 1. The van der Waals surface area contributed by atoms with Gasteiger partial charge >= 0.3 is 0 Å². The van der Waals surface area contributed by atoms with Gasteiger partial charge in [0.15, 0.2) is 0 Å². The second-order valence-corrected chi connectivity index (χ2v) is 6.64. The standard InChI is InChI=1S/C23H24N2O2/c1-17-3-4-18(2)22(15-17)27-14-11-23(26)25-21-7-5-19(6-8-21)16-20-9-12-24-13-10-20/h3-10,12-13,15H,11,14,16H2,1-2H3,(H,25,26). The van der Waals surface area contributed by atoms with E-state index in [9.17, 15) is 4.79 Å². The molecule has 0 radical (unpaired) electrons. The third kappa shape index (κ3) is 5.68. The summed E-state index contributed by atoms with van der Waals surface area (Å²) in [6.07, 6.45) is 4.75. The van der Waals surface area contributed by atoms with Crippen molar-refractivity contribution < 1.29 is 9.53 Å². The number of hydrogen-bond acceptors (Lipinski definition) is 3. The highest BCUT2D eigenvalue weighted by molar-refractivity contribution is 5.90. The van der Waals surface area contributed by atoms with Crippen LogP contribution in [-0.2, 0) is 11.2 Å². The van der Waals surface area contributed by atoms with Crippen LogP contribution in [0, 0.1) is 13.8 Å². The van der Waals surface area contributed by atoms with E-state index in [1.165, 1.54) is 11.1 Å². The summed E-state index contributed by atoms with van der Waals surface area (Å²) in [6.45, 7) is 4.38. The Balaban J connectivity index is 1.47. The first-order valence-corrected chi connectivity index (χ1v) is 9.08. The molecule has 27 heavy (non-hydrogen) atoms. The molecular weight excluding hydrogens is 336 g/mol. The van der Waals surface area contributed by atoms with Crippen LogP contribution in [0.5, 0.6) is 5.75 Å². The van der Waals surface area contributed by atoms with Crippen LogP contribution >= 0.6 is 0 Å². The molecule has 3 rings (SSSR count). The summed E-state index contributed by atoms with van der Waals surface area (Å²) >= 11 is 0. The van der Waals surface area contributed by atoms with Crippen LogP contribution in [0.15, 0.2) is 67.0 Å². The molecule has 0 unspecified atom stereocenters. The van der Waals surface area contributed by atoms with E-state index in [1.807, 2.05) is 68.4 Å². The van der Waals surface area contributed by atoms with Crippen LogP contribution < -0.4 is 10.1 Å². The molecule has 0 fully saturated rings. The Morgan fingerprint density at radius 2 is 1.67 bits per heavy atom. The van der Waals surface area contributed by atoms with E-state index in [0.717, 1.165) is 29.0 Å². The van der Waals surface area contributed by atoms with Crippen molar-refractivity contribution in [2.75, 3.05) is 11.9 Å². The summed E-state index contributed by atoms with van der Waals surface area (Å²) in [7, 11) is 0. The maximum absolute atomic E-state index is 12.1. The summed E-state index contributed by atoms with van der Waals surface area (Å²) < 4.78 is 5.75. The number of anilines is 1. The minimum Gasteiger partial charge on any atom is -0.493 e. The van der Waals surface area contributed by atoms with Crippen LogP contribution in [0.1, 0.15) is 28.7 Å². The topological polar surface area (TPSA) is 51.2 Å². The van der Waals surface area contributed by atoms with Gasteiger partial charge in [0.25, 0.3) is 0 Å². The molecular formula is C23H24N2O2. The van der Waals surface area contributed by atoms with E-state index in [-0.39, 0.29) is 5.91 Å². The molecule has 0 aliphatic carbocycles. The third-order valence-electron chi connectivity index (χ3n) is 4.33. The summed E-state index contributed by atoms with van der Waals surface area (Å²) in [4.78, 5) is 16.2. The molecule has 4 nitrogen and oxygen atoms in total. The van der Waals surface area contributed by atoms with Crippen molar-refractivity contribution in [2.45, 2.75) is 26.7 Å². The van der Waals surface area contributed by atoms with Crippen LogP contribution in [0.3, 0.4) is 0 Å². The molecule has 3 aromatic rings. The van der Waals surface area contributed by atoms with Gasteiger partial charge in [0.05, 0.1) is 13.0 Å². The Morgan fingerprint density at radius 1 is 0.963 bits per heavy atom. The number of hydrogen-bond donors (Lipinski definition) is 1. The summed E-state index contributed by atoms with van der Waals surface area (Å²) in [6, 6.07) is 18.0. The quantitative estimate of drug-likeness (QED) is 0.665. The molecule has 2 aromatic carbocycles. The number of ether oxygens (including phenoxy) is 1. The highest BCUT2D eigenvalue weighted by atomic mass is 16.5. The fourth-order valence-electron chi connectivity index (χ4n) is 2.78. The second kappa shape index (κ2) is 8.99. The Bertz CT molecular complexity index is 890. The number of carbonyl (C=O) groups is 1. The van der Waals surface area contributed by atoms with Gasteiger partial charge in [0, 0.05) is 18.1 Å². The van der Waals surface area contributed by atoms with Gasteiger partial charge in [-0.1, -0.05) is 24.3 Å². The van der Waals surface area contributed by atoms with Crippen molar-refractivity contribution in [3.05, 3.63) is 89.2 Å². The molecule has 4 heteroatoms. The molecule has 0 aliphatic heterocycles. The van der Waals surface area contributed by atoms with E-state index >= 15 is 0 Å². The van der Waals surface area contributed by atoms with Crippen molar-refractivity contribution in [3.63, 3.8) is 0 Å². The summed E-state index contributed by atoms with van der Waals surface area (Å²) in [5.41, 5.74) is 5.42. The highest BCUT2D eigenvalue weighted by Crippen LogP contribution is 2.19. The zero-order valence-electron chi connectivity index (χ0n) is 15.7. The fraction of sp³-hybridized carbons (Fsp3) is 0.217. The van der Waals surface area contributed by atoms with Gasteiger partial charge in [-0.2, -0.15) is 0 Å². The van der Waals surface area contributed by atoms with Gasteiger partial charge in [0.1, 0.15) is 5.75 Å². The zero-order valence-corrected chi connectivity index (χ0v) is 15.7. The van der Waals surface area contributed by atoms with Crippen LogP contribution in [0.4, 0.5) is 5.69 Å². The van der Waals surface area contributed by atoms with Crippen molar-refractivity contribution in [1.82, 2.24) is 4.98 Å². The average molecular weight is 360 g/mol. The number of aromatic nitrogens is 1. The van der Waals surface area contributed by atoms with Gasteiger partial charge in [-0.3, -0.25) is 9.78 Å². The molecule has 1 N–H and O–H groups in total. The SMILES string of the molecule is Cc1ccc(C)c(OCCC(=O)Nc2ccc(Cc3ccncc3)cc2)c1. The number of nitrogens with zero attached hydrogens (tertiary/aromatic N) is 1. The van der Waals surface area contributed by atoms with Gasteiger partial charge < -0.3 is 10.1 Å². The van der Waals surface area contributed by atoms with Gasteiger partial charge in [-0.05, 0) is 72.9 Å². The molecule has 1 amide bonds. The first kappa shape index (κ1) is 18.6. The summed E-state index contributed by atoms with van der Waals surface area (Å²) in [5, 5.41) is 2.92. The molecule has 0 bridgehead atoms. The van der Waals surface area contributed by atoms with Crippen LogP contribution in [0.25, 0.3) is 0 Å². The maximum atomic E-state index is 12.1. The lowest BCUT2D eigenvalue weighted by Gasteiger charge is -2.10. The largest absolute Gasteiger partial charge is 0.493 e. The van der Waals surface area contributed by atoms with E-state index in [0.29, 0.717) is 13.0 Å². The molecule has 0 atom stereocenters. The smallest absolute Gasteiger partial charge is 0.227 e. The third-order valence-corrected chi connectivity index (χ3v) is 4.33. The second-order valence-electron chi connectivity index (χ2n) is 6.64. The Hall–Kier alpha value is -3.14. The monoisotopic (exact) mass is 360 g/mol. The number of amides is 1. The molecule has 1 heterocycles. The van der Waals surface area contributed by atoms with E-state index in [2.05, 4.69) is 10.3 Å². The van der Waals surface area contributed by atoms with E-state index in [1.54, 1.807) is 12.4 Å². The number of carbonyl (C=O) groups excluding carboxylic acids is 1. The van der Waals surface area contributed by atoms with Crippen LogP contribution in [-0.4, -0.2) is 17.5 Å². The van der Waals surface area contributed by atoms with E-state index in [4.69, 9.17) is 4.74 Å². The molecule has 0 saturated heterocycles. The molecule has 0 saturated carbocycles. The molecule has 1 aromatic heterocycles. The van der Waals surface area contributed by atoms with Crippen molar-refractivity contribution in [2.24, 2.45) is 0 Å². The fourth-order valence-corrected chi connectivity index (χ4v) is 2.78. The summed E-state index contributed by atoms with van der Waals surface area (Å²) in [5.74, 6) is 0.783. The minimum atomic E-state index is -0.0535. The van der Waals surface area contributed by atoms with E-state index < -0.39 is 0 Å². The normalized spacial score (nSPS) is 10.4. The minimum absolute atomic E-state index is 0.0535. The molecule has 138 valence electrons. The van der Waals surface area contributed by atoms with Gasteiger partial charge in [-0.25, -0.2) is 0 Å². The Morgan fingerprint density at radius 3 is 2.41 bits per heavy atom. The predicted molar refractivity (Wildman–Crippen MR) is 108 cm³/mol. The molecule has 0 spiro atoms. The van der Waals surface area contributed by atoms with Gasteiger partial charge in [0.2, 0.25) is 5.91 Å². The molecule has 0 aliphatic rings. The van der Waals surface area contributed by atoms with Crippen molar-refractivity contribution in [1.29, 1.82) is 0 Å². The number of rotatable bonds is 7. The first-order valence-electron chi connectivity index (χ1n) is 9.08. The zero-order chi connectivity index (χ0) is 19.1. The number of pyridine rings is 1. The van der Waals surface area contributed by atoms with Gasteiger partial charge in [-0.15, -0.1) is 0 Å². The van der Waals surface area contributed by atoms with Crippen LogP contribution in [0.2, 0.25) is 0 Å². The lowest BCUT2D eigenvalue weighted by Crippen LogP contribution is -2.15. The number of benzene rings is 2. The van der Waals surface area contributed by atoms with Crippen molar-refractivity contribution in [3.8, 4) is 5.75 Å². The number of aryl methyl sites for hydroxylation is 2. The first-order chi connectivity index (χ1) is 13.1. The Labute approximate surface area is 160 Å². The lowest BCUT2D eigenvalue weighted by atomic mass is 10.1. The predicted octanol–water partition coefficient (Wildman–Crippen LogP) is 4.70. The average Bonchev–Trinajstić information content (AvgIpc) is 2.67. The Kier molecular flexibility index (Phi) is 6.21. The highest BCUT2D eigenvalue weighted by Gasteiger charge is 2.05. The lowest BCUT2D eigenvalue weighted by molar-refractivity contribution is -0.116.